The third-order valence-corrected chi connectivity index (χ3v) is 7.52. The molecule has 0 amide bonds. The fourth-order valence-corrected chi connectivity index (χ4v) is 4.73. The molecule has 0 radical (unpaired) electrons. The van der Waals surface area contributed by atoms with Crippen molar-refractivity contribution < 1.29 is 19.1 Å². The second-order valence-electron chi connectivity index (χ2n) is 10.8. The normalized spacial score (nSPS) is 12.6. The molecule has 9 N–H and O–H groups in total. The van der Waals surface area contributed by atoms with Crippen LogP contribution in [0.3, 0.4) is 0 Å². The highest BCUT2D eigenvalue weighted by atomic mass is 16.5. The zero-order chi connectivity index (χ0) is 32.2. The van der Waals surface area contributed by atoms with Gasteiger partial charge in [-0.25, -0.2) is 0 Å². The van der Waals surface area contributed by atoms with Crippen LogP contribution in [0.4, 0.5) is 11.4 Å². The lowest BCUT2D eigenvalue weighted by atomic mass is 10.1. The Kier molecular flexibility index (Phi) is 17.8. The molecule has 0 aromatic heterocycles. The van der Waals surface area contributed by atoms with E-state index in [1.54, 1.807) is 0 Å². The molecule has 10 heteroatoms. The first-order valence-corrected chi connectivity index (χ1v) is 16.0. The van der Waals surface area contributed by atoms with Crippen molar-refractivity contribution in [1.29, 1.82) is 0 Å². The molecular formula is C34H55N6O4+. The third kappa shape index (κ3) is 13.5. The smallest absolute Gasteiger partial charge is 0.463 e. The van der Waals surface area contributed by atoms with Crippen LogP contribution in [0.15, 0.2) is 48.5 Å². The van der Waals surface area contributed by atoms with Crippen LogP contribution in [0.25, 0.3) is 12.2 Å². The van der Waals surface area contributed by atoms with Crippen molar-refractivity contribution in [2.24, 2.45) is 22.9 Å². The van der Waals surface area contributed by atoms with E-state index in [0.717, 1.165) is 55.6 Å². The number of rotatable bonds is 22. The highest BCUT2D eigenvalue weighted by Crippen LogP contribution is 2.19. The topological polar surface area (TPSA) is 167 Å². The minimum Gasteiger partial charge on any atom is -0.463 e. The molecule has 0 saturated carbocycles. The van der Waals surface area contributed by atoms with Crippen molar-refractivity contribution in [2.45, 2.75) is 64.5 Å². The number of esters is 2. The van der Waals surface area contributed by atoms with Gasteiger partial charge in [0.15, 0.2) is 6.04 Å². The Morgan fingerprint density at radius 3 is 1.66 bits per heavy atom. The van der Waals surface area contributed by atoms with Crippen molar-refractivity contribution in [1.82, 2.24) is 0 Å². The molecule has 10 nitrogen and oxygen atoms in total. The van der Waals surface area contributed by atoms with Crippen LogP contribution in [0.1, 0.15) is 63.5 Å². The molecule has 2 rings (SSSR count). The Bertz CT molecular complexity index is 1070. The monoisotopic (exact) mass is 611 g/mol. The van der Waals surface area contributed by atoms with E-state index in [9.17, 15) is 9.59 Å². The van der Waals surface area contributed by atoms with Crippen molar-refractivity contribution in [2.75, 3.05) is 62.3 Å². The largest absolute Gasteiger partial charge is 0.500 e. The summed E-state index contributed by atoms with van der Waals surface area (Å²) in [6.07, 6.45) is 8.59. The highest BCUT2D eigenvalue weighted by molar-refractivity contribution is 5.76. The van der Waals surface area contributed by atoms with E-state index in [-0.39, 0.29) is 19.2 Å². The second-order valence-corrected chi connectivity index (χ2v) is 10.8. The van der Waals surface area contributed by atoms with E-state index in [2.05, 4.69) is 55.2 Å². The quantitative estimate of drug-likeness (QED) is 0.0674. The van der Waals surface area contributed by atoms with E-state index >= 15 is 0 Å². The maximum atomic E-state index is 12.4. The Hall–Kier alpha value is -3.44. The Balaban J connectivity index is 2.02. The van der Waals surface area contributed by atoms with Crippen molar-refractivity contribution in [3.8, 4) is 0 Å². The lowest BCUT2D eigenvalue weighted by Crippen LogP contribution is -2.37. The lowest BCUT2D eigenvalue weighted by molar-refractivity contribution is -0.145. The molecule has 0 fully saturated rings. The Morgan fingerprint density at radius 1 is 0.727 bits per heavy atom. The molecule has 0 spiro atoms. The molecular weight excluding hydrogens is 556 g/mol. The summed E-state index contributed by atoms with van der Waals surface area (Å²) in [5.41, 5.74) is 27.4. The molecule has 44 heavy (non-hydrogen) atoms. The number of nitrogens with zero attached hydrogens (tertiary/aromatic N) is 2. The highest BCUT2D eigenvalue weighted by Gasteiger charge is 2.23. The predicted molar refractivity (Wildman–Crippen MR) is 183 cm³/mol. The van der Waals surface area contributed by atoms with Gasteiger partial charge in [-0.1, -0.05) is 42.8 Å². The summed E-state index contributed by atoms with van der Waals surface area (Å²) in [7, 11) is 0. The zero-order valence-corrected chi connectivity index (χ0v) is 26.7. The Morgan fingerprint density at radius 2 is 1.18 bits per heavy atom. The molecule has 0 bridgehead atoms. The van der Waals surface area contributed by atoms with Gasteiger partial charge in [0.1, 0.15) is 12.6 Å². The van der Waals surface area contributed by atoms with Gasteiger partial charge in [-0.15, -0.1) is 0 Å². The number of carbonyl (C=O) groups is 1. The molecule has 0 aliphatic rings. The number of carbonyl (C=O) groups excluding carboxylic acids is 2. The van der Waals surface area contributed by atoms with Crippen LogP contribution in [0.2, 0.25) is 0 Å². The fourth-order valence-electron chi connectivity index (χ4n) is 4.73. The summed E-state index contributed by atoms with van der Waals surface area (Å²) < 4.78 is 11.1. The minimum absolute atomic E-state index is 0.170. The zero-order valence-electron chi connectivity index (χ0n) is 26.7. The van der Waals surface area contributed by atoms with Crippen molar-refractivity contribution >= 4 is 35.5 Å². The SMILES string of the molecule is CCN(CC)c1ccc(/C=C/c2ccc(N(CCOC(=O)C(N)CCCCN)CCOC(=[OH+])C(N)CCCCN)cc2)cc1. The molecule has 2 aromatic carbocycles. The van der Waals surface area contributed by atoms with Crippen LogP contribution in [0, 0.1) is 0 Å². The van der Waals surface area contributed by atoms with E-state index in [0.29, 0.717) is 39.0 Å². The molecule has 0 saturated heterocycles. The summed E-state index contributed by atoms with van der Waals surface area (Å²) in [4.78, 5) is 27.0. The molecule has 0 aliphatic carbocycles. The molecule has 2 atom stereocenters. The fraction of sp³-hybridized carbons (Fsp3) is 0.529. The average Bonchev–Trinajstić information content (AvgIpc) is 3.04. The number of ether oxygens (including phenoxy) is 2. The van der Waals surface area contributed by atoms with Crippen LogP contribution in [-0.2, 0) is 14.3 Å². The van der Waals surface area contributed by atoms with Crippen molar-refractivity contribution in [3.63, 3.8) is 0 Å². The van der Waals surface area contributed by atoms with Crippen molar-refractivity contribution in [3.05, 3.63) is 59.7 Å². The average molecular weight is 612 g/mol. The van der Waals surface area contributed by atoms with Gasteiger partial charge < -0.3 is 47.0 Å². The number of anilines is 2. The Labute approximate surface area is 263 Å². The molecule has 2 unspecified atom stereocenters. The standard InChI is InChI=1S/C34H54N6O4/c1-3-39(4-2)29-17-13-27(14-18-29)11-12-28-15-19-30(20-16-28)40(23-25-43-33(41)31(37)9-5-7-21-35)24-26-44-34(42)32(38)10-6-8-22-36/h11-20,31-32H,3-10,21-26,35-38H2,1-2H3/p+1/b12-11+. The maximum absolute atomic E-state index is 12.4. The van der Waals surface area contributed by atoms with Crippen LogP contribution in [-0.4, -0.2) is 81.3 Å². The number of hydrogen-bond donors (Lipinski definition) is 4. The van der Waals surface area contributed by atoms with E-state index in [1.807, 2.05) is 29.2 Å². The predicted octanol–water partition coefficient (Wildman–Crippen LogP) is 3.48. The summed E-state index contributed by atoms with van der Waals surface area (Å²) in [6, 6.07) is 15.5. The second kappa shape index (κ2) is 21.3. The van der Waals surface area contributed by atoms with Gasteiger partial charge in [-0.2, -0.15) is 0 Å². The summed E-state index contributed by atoms with van der Waals surface area (Å²) in [5, 5.41) is 0. The number of nitrogens with two attached hydrogens (primary N) is 4. The molecule has 244 valence electrons. The molecule has 0 aliphatic heterocycles. The van der Waals surface area contributed by atoms with Gasteiger partial charge in [0.05, 0.1) is 13.1 Å². The van der Waals surface area contributed by atoms with Gasteiger partial charge in [-0.05, 0) is 94.4 Å². The summed E-state index contributed by atoms with van der Waals surface area (Å²) >= 11 is 0. The van der Waals surface area contributed by atoms with Crippen LogP contribution in [0.5, 0.6) is 0 Å². The third-order valence-electron chi connectivity index (χ3n) is 7.52. The van der Waals surface area contributed by atoms with E-state index in [4.69, 9.17) is 32.4 Å². The maximum Gasteiger partial charge on any atom is 0.500 e. The van der Waals surface area contributed by atoms with Crippen LogP contribution < -0.4 is 32.7 Å². The number of benzene rings is 2. The summed E-state index contributed by atoms with van der Waals surface area (Å²) in [6.45, 7) is 8.71. The van der Waals surface area contributed by atoms with Gasteiger partial charge in [0, 0.05) is 24.5 Å². The van der Waals surface area contributed by atoms with Gasteiger partial charge >= 0.3 is 11.9 Å². The summed E-state index contributed by atoms with van der Waals surface area (Å²) in [5.74, 6) is -0.597. The van der Waals surface area contributed by atoms with E-state index in [1.165, 1.54) is 5.69 Å². The number of hydrogen-bond acceptors (Lipinski definition) is 9. The lowest BCUT2D eigenvalue weighted by Gasteiger charge is -2.24. The van der Waals surface area contributed by atoms with Gasteiger partial charge in [0.25, 0.3) is 0 Å². The van der Waals surface area contributed by atoms with Crippen LogP contribution >= 0.6 is 0 Å². The first kappa shape index (κ1) is 36.8. The first-order valence-electron chi connectivity index (χ1n) is 16.0. The minimum atomic E-state index is -0.662. The van der Waals surface area contributed by atoms with Gasteiger partial charge in [0.2, 0.25) is 6.61 Å². The molecule has 0 heterocycles. The van der Waals surface area contributed by atoms with E-state index < -0.39 is 18.1 Å². The first-order chi connectivity index (χ1) is 21.3. The number of unbranched alkanes of at least 4 members (excludes halogenated alkanes) is 2. The molecule has 2 aromatic rings. The van der Waals surface area contributed by atoms with Gasteiger partial charge in [-0.3, -0.25) is 4.79 Å².